The zero-order valence-electron chi connectivity index (χ0n) is 12.5. The zero-order valence-corrected chi connectivity index (χ0v) is 13.3. The third-order valence-corrected chi connectivity index (χ3v) is 4.52. The molecule has 0 heterocycles. The van der Waals surface area contributed by atoms with E-state index in [-0.39, 0.29) is 11.9 Å². The molecule has 0 radical (unpaired) electrons. The molecule has 1 nitrogen and oxygen atoms in total. The van der Waals surface area contributed by atoms with Crippen molar-refractivity contribution >= 4 is 11.8 Å². The van der Waals surface area contributed by atoms with Gasteiger partial charge >= 0.3 is 0 Å². The minimum Gasteiger partial charge on any atom is -0.392 e. The summed E-state index contributed by atoms with van der Waals surface area (Å²) in [6, 6.07) is 6.55. The average Bonchev–Trinajstić information content (AvgIpc) is 2.44. The molecule has 1 atom stereocenters. The van der Waals surface area contributed by atoms with Crippen molar-refractivity contribution in [2.45, 2.75) is 69.3 Å². The Kier molecular flexibility index (Phi) is 9.77. The number of thioether (sulfide) groups is 1. The van der Waals surface area contributed by atoms with E-state index in [0.717, 1.165) is 17.7 Å². The Bertz CT molecular complexity index is 357. The number of halogens is 1. The quantitative estimate of drug-likeness (QED) is 0.435. The summed E-state index contributed by atoms with van der Waals surface area (Å²) >= 11 is 1.53. The van der Waals surface area contributed by atoms with Gasteiger partial charge in [-0.05, 0) is 24.6 Å². The van der Waals surface area contributed by atoms with Crippen molar-refractivity contribution in [3.63, 3.8) is 0 Å². The van der Waals surface area contributed by atoms with Crippen LogP contribution in [0, 0.1) is 5.82 Å². The fraction of sp³-hybridized carbons (Fsp3) is 0.647. The van der Waals surface area contributed by atoms with Gasteiger partial charge in [-0.1, -0.05) is 57.9 Å². The zero-order chi connectivity index (χ0) is 14.6. The van der Waals surface area contributed by atoms with E-state index in [0.29, 0.717) is 5.75 Å². The number of aliphatic hydroxyl groups is 1. The molecular weight excluding hydrogens is 271 g/mol. The molecule has 0 aliphatic carbocycles. The number of benzene rings is 1. The number of hydrogen-bond acceptors (Lipinski definition) is 2. The molecule has 1 aromatic rings. The van der Waals surface area contributed by atoms with Crippen molar-refractivity contribution in [1.82, 2.24) is 0 Å². The second-order valence-electron chi connectivity index (χ2n) is 5.33. The molecule has 0 amide bonds. The summed E-state index contributed by atoms with van der Waals surface area (Å²) in [6.07, 6.45) is 9.46. The molecule has 114 valence electrons. The van der Waals surface area contributed by atoms with Crippen molar-refractivity contribution in [3.8, 4) is 0 Å². The van der Waals surface area contributed by atoms with E-state index >= 15 is 0 Å². The lowest BCUT2D eigenvalue weighted by atomic mass is 10.1. The molecule has 0 saturated carbocycles. The van der Waals surface area contributed by atoms with Crippen LogP contribution in [0.15, 0.2) is 29.2 Å². The van der Waals surface area contributed by atoms with Crippen LogP contribution < -0.4 is 0 Å². The van der Waals surface area contributed by atoms with Gasteiger partial charge in [-0.25, -0.2) is 4.39 Å². The van der Waals surface area contributed by atoms with Crippen LogP contribution in [0.2, 0.25) is 0 Å². The summed E-state index contributed by atoms with van der Waals surface area (Å²) in [6.45, 7) is 2.23. The SMILES string of the molecule is CCCCCCCCCC(O)CSc1cccc(F)c1. The van der Waals surface area contributed by atoms with Crippen LogP contribution in [0.25, 0.3) is 0 Å². The summed E-state index contributed by atoms with van der Waals surface area (Å²) < 4.78 is 13.0. The highest BCUT2D eigenvalue weighted by atomic mass is 32.2. The summed E-state index contributed by atoms with van der Waals surface area (Å²) in [5.74, 6) is 0.441. The van der Waals surface area contributed by atoms with E-state index in [1.807, 2.05) is 6.07 Å². The molecule has 0 saturated heterocycles. The van der Waals surface area contributed by atoms with E-state index in [1.165, 1.54) is 62.4 Å². The largest absolute Gasteiger partial charge is 0.392 e. The average molecular weight is 298 g/mol. The first-order valence-corrected chi connectivity index (χ1v) is 8.77. The Morgan fingerprint density at radius 3 is 2.50 bits per heavy atom. The predicted molar refractivity (Wildman–Crippen MR) is 85.7 cm³/mol. The van der Waals surface area contributed by atoms with E-state index in [4.69, 9.17) is 0 Å². The van der Waals surface area contributed by atoms with Gasteiger partial charge in [0.1, 0.15) is 5.82 Å². The third kappa shape index (κ3) is 8.60. The van der Waals surface area contributed by atoms with Crippen LogP contribution in [-0.4, -0.2) is 17.0 Å². The topological polar surface area (TPSA) is 20.2 Å². The molecule has 0 bridgehead atoms. The fourth-order valence-electron chi connectivity index (χ4n) is 2.17. The van der Waals surface area contributed by atoms with Crippen molar-refractivity contribution in [1.29, 1.82) is 0 Å². The highest BCUT2D eigenvalue weighted by Crippen LogP contribution is 2.21. The third-order valence-electron chi connectivity index (χ3n) is 3.38. The lowest BCUT2D eigenvalue weighted by Gasteiger charge is -2.10. The number of rotatable bonds is 11. The van der Waals surface area contributed by atoms with E-state index in [9.17, 15) is 9.50 Å². The van der Waals surface area contributed by atoms with E-state index in [2.05, 4.69) is 6.92 Å². The summed E-state index contributed by atoms with van der Waals surface area (Å²) in [5.41, 5.74) is 0. The first-order chi connectivity index (χ1) is 9.72. The maximum absolute atomic E-state index is 13.0. The highest BCUT2D eigenvalue weighted by molar-refractivity contribution is 7.99. The number of aliphatic hydroxyl groups excluding tert-OH is 1. The van der Waals surface area contributed by atoms with Crippen LogP contribution in [0.5, 0.6) is 0 Å². The molecule has 1 N–H and O–H groups in total. The van der Waals surface area contributed by atoms with Crippen molar-refractivity contribution in [3.05, 3.63) is 30.1 Å². The van der Waals surface area contributed by atoms with Crippen LogP contribution in [0.3, 0.4) is 0 Å². The Morgan fingerprint density at radius 2 is 1.80 bits per heavy atom. The maximum atomic E-state index is 13.0. The molecule has 1 rings (SSSR count). The molecule has 3 heteroatoms. The molecule has 0 spiro atoms. The minimum atomic E-state index is -0.279. The lowest BCUT2D eigenvalue weighted by molar-refractivity contribution is 0.185. The van der Waals surface area contributed by atoms with Gasteiger partial charge in [0, 0.05) is 10.6 Å². The second-order valence-corrected chi connectivity index (χ2v) is 6.43. The van der Waals surface area contributed by atoms with Crippen LogP contribution in [0.4, 0.5) is 4.39 Å². The molecule has 0 aromatic heterocycles. The van der Waals surface area contributed by atoms with Crippen LogP contribution in [0.1, 0.15) is 58.3 Å². The Labute approximate surface area is 127 Å². The summed E-state index contributed by atoms with van der Waals surface area (Å²) in [5, 5.41) is 9.91. The van der Waals surface area contributed by atoms with Crippen molar-refractivity contribution < 1.29 is 9.50 Å². The number of unbranched alkanes of at least 4 members (excludes halogenated alkanes) is 6. The van der Waals surface area contributed by atoms with Gasteiger partial charge in [0.25, 0.3) is 0 Å². The predicted octanol–water partition coefficient (Wildman–Crippen LogP) is 5.42. The molecule has 0 aliphatic rings. The minimum absolute atomic E-state index is 0.212. The van der Waals surface area contributed by atoms with E-state index in [1.54, 1.807) is 6.07 Å². The Balaban J connectivity index is 2.01. The van der Waals surface area contributed by atoms with E-state index < -0.39 is 0 Å². The van der Waals surface area contributed by atoms with Gasteiger partial charge in [0.2, 0.25) is 0 Å². The molecular formula is C17H27FOS. The first kappa shape index (κ1) is 17.5. The van der Waals surface area contributed by atoms with Crippen LogP contribution >= 0.6 is 11.8 Å². The standard InChI is InChI=1S/C17H27FOS/c1-2-3-4-5-6-7-8-11-16(19)14-20-17-12-9-10-15(18)13-17/h9-10,12-13,16,19H,2-8,11,14H2,1H3. The molecule has 0 fully saturated rings. The molecule has 1 unspecified atom stereocenters. The maximum Gasteiger partial charge on any atom is 0.124 e. The molecule has 20 heavy (non-hydrogen) atoms. The van der Waals surface area contributed by atoms with Gasteiger partial charge in [-0.15, -0.1) is 11.8 Å². The molecule has 1 aromatic carbocycles. The normalized spacial score (nSPS) is 12.6. The van der Waals surface area contributed by atoms with Gasteiger partial charge in [-0.2, -0.15) is 0 Å². The Hall–Kier alpha value is -0.540. The first-order valence-electron chi connectivity index (χ1n) is 7.78. The highest BCUT2D eigenvalue weighted by Gasteiger charge is 2.05. The van der Waals surface area contributed by atoms with Gasteiger partial charge in [0.15, 0.2) is 0 Å². The van der Waals surface area contributed by atoms with Gasteiger partial charge < -0.3 is 5.11 Å². The number of hydrogen-bond donors (Lipinski definition) is 1. The lowest BCUT2D eigenvalue weighted by Crippen LogP contribution is -2.09. The monoisotopic (exact) mass is 298 g/mol. The van der Waals surface area contributed by atoms with Crippen molar-refractivity contribution in [2.75, 3.05) is 5.75 Å². The Morgan fingerprint density at radius 1 is 1.10 bits per heavy atom. The van der Waals surface area contributed by atoms with Gasteiger partial charge in [-0.3, -0.25) is 0 Å². The van der Waals surface area contributed by atoms with Crippen molar-refractivity contribution in [2.24, 2.45) is 0 Å². The summed E-state index contributed by atoms with van der Waals surface area (Å²) in [7, 11) is 0. The molecule has 0 aliphatic heterocycles. The summed E-state index contributed by atoms with van der Waals surface area (Å²) in [4.78, 5) is 0.892. The van der Waals surface area contributed by atoms with Crippen LogP contribution in [-0.2, 0) is 0 Å². The fourth-order valence-corrected chi connectivity index (χ4v) is 3.09. The second kappa shape index (κ2) is 11.2. The smallest absolute Gasteiger partial charge is 0.124 e. The van der Waals surface area contributed by atoms with Gasteiger partial charge in [0.05, 0.1) is 6.10 Å².